The van der Waals surface area contributed by atoms with Gasteiger partial charge < -0.3 is 10.2 Å². The van der Waals surface area contributed by atoms with E-state index in [9.17, 15) is 4.79 Å². The van der Waals surface area contributed by atoms with Gasteiger partial charge in [-0.15, -0.1) is 11.8 Å². The highest BCUT2D eigenvalue weighted by Gasteiger charge is 2.20. The molecule has 0 saturated carbocycles. The van der Waals surface area contributed by atoms with Crippen LogP contribution in [0.5, 0.6) is 0 Å². The molecule has 1 fully saturated rings. The first-order valence-electron chi connectivity index (χ1n) is 10.3. The predicted molar refractivity (Wildman–Crippen MR) is 133 cm³/mol. The number of thioether (sulfide) groups is 1. The number of piperazine rings is 1. The molecule has 2 aromatic carbocycles. The Hall–Kier alpha value is -1.51. The second-order valence-electron chi connectivity index (χ2n) is 7.31. The summed E-state index contributed by atoms with van der Waals surface area (Å²) in [5.41, 5.74) is 0.892. The summed E-state index contributed by atoms with van der Waals surface area (Å²) in [5.74, 6) is 0.865. The Labute approximate surface area is 200 Å². The van der Waals surface area contributed by atoms with Crippen molar-refractivity contribution in [1.82, 2.24) is 15.2 Å². The number of halogens is 2. The summed E-state index contributed by atoms with van der Waals surface area (Å²) in [4.78, 5) is 22.7. The van der Waals surface area contributed by atoms with Crippen molar-refractivity contribution in [2.45, 2.75) is 11.3 Å². The minimum Gasteiger partial charge on any atom is -0.355 e. The first-order valence-corrected chi connectivity index (χ1v) is 12.8. The van der Waals surface area contributed by atoms with E-state index in [1.165, 1.54) is 0 Å². The van der Waals surface area contributed by atoms with Gasteiger partial charge in [-0.05, 0) is 36.4 Å². The molecule has 1 saturated heterocycles. The van der Waals surface area contributed by atoms with Crippen LogP contribution in [-0.4, -0.2) is 60.8 Å². The van der Waals surface area contributed by atoms with Gasteiger partial charge >= 0.3 is 0 Å². The zero-order valence-electron chi connectivity index (χ0n) is 17.0. The Morgan fingerprint density at radius 3 is 2.61 bits per heavy atom. The van der Waals surface area contributed by atoms with Crippen molar-refractivity contribution < 1.29 is 4.79 Å². The van der Waals surface area contributed by atoms with Gasteiger partial charge in [0.05, 0.1) is 9.72 Å². The highest BCUT2D eigenvalue weighted by atomic mass is 35.5. The minimum absolute atomic E-state index is 0.103. The average Bonchev–Trinajstić information content (AvgIpc) is 3.21. The zero-order chi connectivity index (χ0) is 21.6. The Morgan fingerprint density at radius 1 is 1.10 bits per heavy atom. The summed E-state index contributed by atoms with van der Waals surface area (Å²) in [7, 11) is 0. The fraction of sp³-hybridized carbons (Fsp3) is 0.364. The number of para-hydroxylation sites is 1. The standard InChI is InChI=1S/C22H24Cl2N4OS2/c23-16-4-6-17(7-5-16)30-15-8-20(29)25-9-10-27-11-13-28(14-12-27)22-26-21-18(24)2-1-3-19(21)31-22/h1-7H,8-15H2,(H,25,29). The van der Waals surface area contributed by atoms with E-state index in [4.69, 9.17) is 28.2 Å². The van der Waals surface area contributed by atoms with Crippen LogP contribution < -0.4 is 10.2 Å². The first-order chi connectivity index (χ1) is 15.1. The van der Waals surface area contributed by atoms with Crippen LogP contribution in [0, 0.1) is 0 Å². The van der Waals surface area contributed by atoms with E-state index in [0.717, 1.165) is 63.7 Å². The molecule has 0 bridgehead atoms. The third-order valence-corrected chi connectivity index (χ3v) is 7.82. The number of thiazole rings is 1. The summed E-state index contributed by atoms with van der Waals surface area (Å²) in [6, 6.07) is 13.6. The number of carbonyl (C=O) groups is 1. The molecule has 0 aliphatic carbocycles. The maximum absolute atomic E-state index is 12.1. The SMILES string of the molecule is O=C(CCSc1ccc(Cl)cc1)NCCN1CCN(c2nc3c(Cl)cccc3s2)CC1. The van der Waals surface area contributed by atoms with Crippen LogP contribution in [-0.2, 0) is 4.79 Å². The van der Waals surface area contributed by atoms with Crippen molar-refractivity contribution in [2.75, 3.05) is 49.9 Å². The van der Waals surface area contributed by atoms with Crippen LogP contribution in [0.3, 0.4) is 0 Å². The number of amides is 1. The molecule has 1 amide bonds. The number of hydrogen-bond acceptors (Lipinski definition) is 6. The number of anilines is 1. The second kappa shape index (κ2) is 10.9. The molecule has 1 aromatic heterocycles. The third kappa shape index (κ3) is 6.26. The van der Waals surface area contributed by atoms with Crippen molar-refractivity contribution in [3.63, 3.8) is 0 Å². The lowest BCUT2D eigenvalue weighted by Gasteiger charge is -2.34. The van der Waals surface area contributed by atoms with Crippen molar-refractivity contribution in [1.29, 1.82) is 0 Å². The second-order valence-corrected chi connectivity index (χ2v) is 10.3. The van der Waals surface area contributed by atoms with Gasteiger partial charge in [0.2, 0.25) is 5.91 Å². The molecule has 31 heavy (non-hydrogen) atoms. The molecule has 164 valence electrons. The molecular weight excluding hydrogens is 471 g/mol. The van der Waals surface area contributed by atoms with Crippen LogP contribution in [0.15, 0.2) is 47.4 Å². The molecule has 0 radical (unpaired) electrons. The van der Waals surface area contributed by atoms with E-state index < -0.39 is 0 Å². The van der Waals surface area contributed by atoms with Crippen molar-refractivity contribution in [3.8, 4) is 0 Å². The lowest BCUT2D eigenvalue weighted by Crippen LogP contribution is -2.48. The number of fused-ring (bicyclic) bond motifs is 1. The fourth-order valence-electron chi connectivity index (χ4n) is 3.44. The summed E-state index contributed by atoms with van der Waals surface area (Å²) in [6.45, 7) is 5.35. The topological polar surface area (TPSA) is 48.5 Å². The molecular formula is C22H24Cl2N4OS2. The molecule has 2 heterocycles. The molecule has 0 atom stereocenters. The van der Waals surface area contributed by atoms with Crippen LogP contribution >= 0.6 is 46.3 Å². The highest BCUT2D eigenvalue weighted by molar-refractivity contribution is 7.99. The smallest absolute Gasteiger partial charge is 0.220 e. The number of carbonyl (C=O) groups excluding carboxylic acids is 1. The van der Waals surface area contributed by atoms with Crippen LogP contribution in [0.2, 0.25) is 10.0 Å². The van der Waals surface area contributed by atoms with E-state index in [1.54, 1.807) is 23.1 Å². The van der Waals surface area contributed by atoms with Crippen LogP contribution in [0.1, 0.15) is 6.42 Å². The van der Waals surface area contributed by atoms with Crippen LogP contribution in [0.4, 0.5) is 5.13 Å². The van der Waals surface area contributed by atoms with E-state index in [-0.39, 0.29) is 5.91 Å². The molecule has 1 N–H and O–H groups in total. The fourth-order valence-corrected chi connectivity index (χ4v) is 5.73. The maximum atomic E-state index is 12.1. The largest absolute Gasteiger partial charge is 0.355 e. The Morgan fingerprint density at radius 2 is 1.87 bits per heavy atom. The van der Waals surface area contributed by atoms with E-state index in [1.807, 2.05) is 36.4 Å². The van der Waals surface area contributed by atoms with E-state index in [0.29, 0.717) is 18.0 Å². The number of hydrogen-bond donors (Lipinski definition) is 1. The third-order valence-electron chi connectivity index (χ3n) is 5.16. The molecule has 1 aliphatic rings. The van der Waals surface area contributed by atoms with Gasteiger partial charge in [0.25, 0.3) is 0 Å². The van der Waals surface area contributed by atoms with Crippen LogP contribution in [0.25, 0.3) is 10.2 Å². The van der Waals surface area contributed by atoms with Gasteiger partial charge in [-0.2, -0.15) is 0 Å². The Bertz CT molecular complexity index is 1020. The normalized spacial score (nSPS) is 14.8. The maximum Gasteiger partial charge on any atom is 0.220 e. The summed E-state index contributed by atoms with van der Waals surface area (Å²) in [5, 5.41) is 5.51. The minimum atomic E-state index is 0.103. The molecule has 3 aromatic rings. The molecule has 4 rings (SSSR count). The number of rotatable bonds is 8. The molecule has 1 aliphatic heterocycles. The number of benzene rings is 2. The predicted octanol–water partition coefficient (Wildman–Crippen LogP) is 5.02. The van der Waals surface area contributed by atoms with Gasteiger partial charge in [0, 0.05) is 61.4 Å². The van der Waals surface area contributed by atoms with Crippen molar-refractivity contribution in [2.24, 2.45) is 0 Å². The highest BCUT2D eigenvalue weighted by Crippen LogP contribution is 2.33. The number of aromatic nitrogens is 1. The molecule has 5 nitrogen and oxygen atoms in total. The average molecular weight is 496 g/mol. The lowest BCUT2D eigenvalue weighted by atomic mass is 10.3. The summed E-state index contributed by atoms with van der Waals surface area (Å²) in [6.07, 6.45) is 0.515. The van der Waals surface area contributed by atoms with Crippen molar-refractivity contribution >= 4 is 67.6 Å². The van der Waals surface area contributed by atoms with Gasteiger partial charge in [0.15, 0.2) is 5.13 Å². The molecule has 0 unspecified atom stereocenters. The number of nitrogens with one attached hydrogen (secondary N) is 1. The van der Waals surface area contributed by atoms with Gasteiger partial charge in [-0.1, -0.05) is 40.6 Å². The van der Waals surface area contributed by atoms with Gasteiger partial charge in [-0.25, -0.2) is 4.98 Å². The summed E-state index contributed by atoms with van der Waals surface area (Å²) < 4.78 is 1.13. The Balaban J connectivity index is 1.13. The monoisotopic (exact) mass is 494 g/mol. The van der Waals surface area contributed by atoms with E-state index >= 15 is 0 Å². The van der Waals surface area contributed by atoms with Gasteiger partial charge in [0.1, 0.15) is 5.52 Å². The first kappa shape index (κ1) is 22.7. The van der Waals surface area contributed by atoms with E-state index in [2.05, 4.69) is 21.2 Å². The summed E-state index contributed by atoms with van der Waals surface area (Å²) >= 11 is 15.5. The molecule has 9 heteroatoms. The zero-order valence-corrected chi connectivity index (χ0v) is 20.2. The molecule has 0 spiro atoms. The quantitative estimate of drug-likeness (QED) is 0.445. The Kier molecular flexibility index (Phi) is 7.96. The van der Waals surface area contributed by atoms with Crippen molar-refractivity contribution in [3.05, 3.63) is 52.5 Å². The number of nitrogens with zero attached hydrogens (tertiary/aromatic N) is 3. The lowest BCUT2D eigenvalue weighted by molar-refractivity contribution is -0.120. The van der Waals surface area contributed by atoms with Gasteiger partial charge in [-0.3, -0.25) is 9.69 Å².